The first-order valence-electron chi connectivity index (χ1n) is 6.10. The fourth-order valence-corrected chi connectivity index (χ4v) is 1.74. The number of nitriles is 1. The fraction of sp³-hybridized carbons (Fsp3) is 0.500. The summed E-state index contributed by atoms with van der Waals surface area (Å²) < 4.78 is 5.49. The maximum atomic E-state index is 9.76. The van der Waals surface area contributed by atoms with E-state index < -0.39 is 6.23 Å². The first kappa shape index (κ1) is 19.0. The monoisotopic (exact) mass is 318 g/mol. The molecule has 1 aromatic carbocycles. The average molecular weight is 319 g/mol. The van der Waals surface area contributed by atoms with Gasteiger partial charge in [-0.25, -0.2) is 0 Å². The van der Waals surface area contributed by atoms with Crippen LogP contribution in [0.25, 0.3) is 0 Å². The average Bonchev–Trinajstić information content (AvgIpc) is 2.28. The molecule has 2 N–H and O–H groups in total. The van der Waals surface area contributed by atoms with Crippen LogP contribution in [0.2, 0.25) is 5.02 Å². The van der Waals surface area contributed by atoms with Gasteiger partial charge in [0, 0.05) is 17.0 Å². The van der Waals surface area contributed by atoms with Crippen molar-refractivity contribution in [1.29, 1.82) is 5.26 Å². The molecule has 0 aliphatic heterocycles. The summed E-state index contributed by atoms with van der Waals surface area (Å²) in [5.74, 6) is 0.481. The van der Waals surface area contributed by atoms with E-state index in [1.54, 1.807) is 18.2 Å². The molecule has 1 aromatic rings. The van der Waals surface area contributed by atoms with Crippen LogP contribution in [0.5, 0.6) is 5.75 Å². The van der Waals surface area contributed by atoms with Crippen molar-refractivity contribution in [1.82, 2.24) is 5.32 Å². The molecule has 0 aromatic heterocycles. The van der Waals surface area contributed by atoms with E-state index in [1.807, 2.05) is 26.8 Å². The van der Waals surface area contributed by atoms with Gasteiger partial charge in [-0.1, -0.05) is 11.6 Å². The molecule has 0 amide bonds. The number of hydrogen-bond donors (Lipinski definition) is 2. The zero-order valence-electron chi connectivity index (χ0n) is 11.8. The molecule has 0 saturated carbocycles. The highest BCUT2D eigenvalue weighted by molar-refractivity contribution is 6.30. The van der Waals surface area contributed by atoms with Crippen LogP contribution in [0.4, 0.5) is 0 Å². The largest absolute Gasteiger partial charge is 0.492 e. The Balaban J connectivity index is 0.00000361. The Labute approximate surface area is 131 Å². The van der Waals surface area contributed by atoms with Crippen LogP contribution in [0.15, 0.2) is 18.2 Å². The second-order valence-electron chi connectivity index (χ2n) is 5.30. The topological polar surface area (TPSA) is 65.3 Å². The number of aliphatic hydroxyl groups excluding tert-OH is 1. The van der Waals surface area contributed by atoms with E-state index in [0.717, 1.165) is 0 Å². The summed E-state index contributed by atoms with van der Waals surface area (Å²) >= 11 is 5.80. The summed E-state index contributed by atoms with van der Waals surface area (Å²) in [4.78, 5) is 0. The highest BCUT2D eigenvalue weighted by Gasteiger charge is 2.14. The van der Waals surface area contributed by atoms with Gasteiger partial charge in [0.2, 0.25) is 0 Å². The molecule has 0 spiro atoms. The molecule has 0 radical (unpaired) electrons. The number of benzene rings is 1. The zero-order chi connectivity index (χ0) is 14.5. The Morgan fingerprint density at radius 2 is 2.10 bits per heavy atom. The van der Waals surface area contributed by atoms with Crippen molar-refractivity contribution in [3.63, 3.8) is 0 Å². The summed E-state index contributed by atoms with van der Waals surface area (Å²) in [6.07, 6.45) is -0.206. The molecular weight excluding hydrogens is 299 g/mol. The predicted molar refractivity (Wildman–Crippen MR) is 82.4 cm³/mol. The Morgan fingerprint density at radius 3 is 2.65 bits per heavy atom. The summed E-state index contributed by atoms with van der Waals surface area (Å²) in [6.45, 7) is 6.25. The van der Waals surface area contributed by atoms with Gasteiger partial charge in [-0.2, -0.15) is 5.26 Å². The minimum atomic E-state index is -0.641. The zero-order valence-corrected chi connectivity index (χ0v) is 13.4. The van der Waals surface area contributed by atoms with Crippen LogP contribution in [-0.4, -0.2) is 23.5 Å². The SMILES string of the molecule is CC(C)(C)NC(O)CCOc1ccc(Cl)cc1C#N.Cl. The van der Waals surface area contributed by atoms with Crippen LogP contribution < -0.4 is 10.1 Å². The smallest absolute Gasteiger partial charge is 0.137 e. The lowest BCUT2D eigenvalue weighted by atomic mass is 10.1. The van der Waals surface area contributed by atoms with E-state index in [0.29, 0.717) is 29.4 Å². The maximum Gasteiger partial charge on any atom is 0.137 e. The van der Waals surface area contributed by atoms with Gasteiger partial charge in [0.05, 0.1) is 12.2 Å². The normalized spacial score (nSPS) is 12.2. The third kappa shape index (κ3) is 6.97. The predicted octanol–water partition coefficient (Wildman–Crippen LogP) is 3.11. The van der Waals surface area contributed by atoms with Crippen molar-refractivity contribution in [2.75, 3.05) is 6.61 Å². The second kappa shape index (κ2) is 8.33. The van der Waals surface area contributed by atoms with Crippen molar-refractivity contribution in [3.8, 4) is 11.8 Å². The van der Waals surface area contributed by atoms with Gasteiger partial charge in [-0.05, 0) is 39.0 Å². The molecule has 6 heteroatoms. The highest BCUT2D eigenvalue weighted by Crippen LogP contribution is 2.22. The standard InChI is InChI=1S/C14H19ClN2O2.ClH/c1-14(2,3)17-13(18)6-7-19-12-5-4-11(15)8-10(12)9-16;/h4-5,8,13,17-18H,6-7H2,1-3H3;1H. The van der Waals surface area contributed by atoms with E-state index in [2.05, 4.69) is 5.32 Å². The van der Waals surface area contributed by atoms with Crippen LogP contribution in [-0.2, 0) is 0 Å². The van der Waals surface area contributed by atoms with E-state index in [9.17, 15) is 5.11 Å². The summed E-state index contributed by atoms with van der Waals surface area (Å²) in [7, 11) is 0. The molecule has 0 aliphatic rings. The Kier molecular flexibility index (Phi) is 7.92. The van der Waals surface area contributed by atoms with Crippen molar-refractivity contribution < 1.29 is 9.84 Å². The minimum Gasteiger partial charge on any atom is -0.492 e. The molecule has 0 aliphatic carbocycles. The van der Waals surface area contributed by atoms with Crippen LogP contribution in [0.1, 0.15) is 32.8 Å². The number of aliphatic hydroxyl groups is 1. The van der Waals surface area contributed by atoms with Gasteiger partial charge in [-0.3, -0.25) is 5.32 Å². The first-order valence-corrected chi connectivity index (χ1v) is 6.48. The third-order valence-corrected chi connectivity index (χ3v) is 2.55. The van der Waals surface area contributed by atoms with E-state index in [4.69, 9.17) is 21.6 Å². The Bertz CT molecular complexity index is 467. The van der Waals surface area contributed by atoms with Crippen LogP contribution in [0.3, 0.4) is 0 Å². The van der Waals surface area contributed by atoms with Crippen LogP contribution in [0, 0.1) is 11.3 Å². The van der Waals surface area contributed by atoms with Crippen LogP contribution >= 0.6 is 24.0 Å². The van der Waals surface area contributed by atoms with E-state index in [1.165, 1.54) is 0 Å². The van der Waals surface area contributed by atoms with Gasteiger partial charge >= 0.3 is 0 Å². The minimum absolute atomic E-state index is 0. The quantitative estimate of drug-likeness (QED) is 0.819. The number of nitrogens with one attached hydrogen (secondary N) is 1. The van der Waals surface area contributed by atoms with E-state index in [-0.39, 0.29) is 17.9 Å². The molecule has 20 heavy (non-hydrogen) atoms. The molecule has 1 rings (SSSR count). The van der Waals surface area contributed by atoms with Crippen molar-refractivity contribution in [2.45, 2.75) is 39.0 Å². The van der Waals surface area contributed by atoms with E-state index >= 15 is 0 Å². The lowest BCUT2D eigenvalue weighted by Crippen LogP contribution is -2.44. The summed E-state index contributed by atoms with van der Waals surface area (Å²) in [6, 6.07) is 6.91. The molecule has 112 valence electrons. The number of rotatable bonds is 5. The lowest BCUT2D eigenvalue weighted by Gasteiger charge is -2.25. The molecule has 0 saturated heterocycles. The second-order valence-corrected chi connectivity index (χ2v) is 5.74. The third-order valence-electron chi connectivity index (χ3n) is 2.31. The number of hydrogen-bond acceptors (Lipinski definition) is 4. The first-order chi connectivity index (χ1) is 8.81. The lowest BCUT2D eigenvalue weighted by molar-refractivity contribution is 0.0822. The Hall–Kier alpha value is -0.990. The number of ether oxygens (including phenoxy) is 1. The maximum absolute atomic E-state index is 9.76. The van der Waals surface area contributed by atoms with Crippen molar-refractivity contribution in [2.24, 2.45) is 0 Å². The summed E-state index contributed by atoms with van der Waals surface area (Å²) in [5, 5.41) is 22.2. The van der Waals surface area contributed by atoms with Gasteiger partial charge in [0.1, 0.15) is 18.0 Å². The van der Waals surface area contributed by atoms with Gasteiger partial charge < -0.3 is 9.84 Å². The highest BCUT2D eigenvalue weighted by atomic mass is 35.5. The van der Waals surface area contributed by atoms with Gasteiger partial charge in [-0.15, -0.1) is 12.4 Å². The molecule has 4 nitrogen and oxygen atoms in total. The van der Waals surface area contributed by atoms with Crippen molar-refractivity contribution >= 4 is 24.0 Å². The fourth-order valence-electron chi connectivity index (χ4n) is 1.57. The molecular formula is C14H20Cl2N2O2. The molecule has 0 heterocycles. The summed E-state index contributed by atoms with van der Waals surface area (Å²) in [5.41, 5.74) is 0.239. The molecule has 1 unspecified atom stereocenters. The van der Waals surface area contributed by atoms with Crippen molar-refractivity contribution in [3.05, 3.63) is 28.8 Å². The molecule has 1 atom stereocenters. The molecule has 0 bridgehead atoms. The molecule has 0 fully saturated rings. The van der Waals surface area contributed by atoms with Gasteiger partial charge in [0.15, 0.2) is 0 Å². The number of nitrogens with zero attached hydrogens (tertiary/aromatic N) is 1. The van der Waals surface area contributed by atoms with Gasteiger partial charge in [0.25, 0.3) is 0 Å². The number of halogens is 2. The Morgan fingerprint density at radius 1 is 1.45 bits per heavy atom.